The molecule has 2 nitrogen and oxygen atoms in total. The molecule has 0 saturated heterocycles. The molecule has 0 bridgehead atoms. The summed E-state index contributed by atoms with van der Waals surface area (Å²) in [6.45, 7) is 11.3. The molecule has 0 unspecified atom stereocenters. The molecule has 4 rings (SSSR count). The predicted octanol–water partition coefficient (Wildman–Crippen LogP) is 7.16. The van der Waals surface area contributed by atoms with Gasteiger partial charge >= 0.3 is 0 Å². The lowest BCUT2D eigenvalue weighted by molar-refractivity contribution is 0.363. The molecule has 0 spiro atoms. The number of rotatable bonds is 7. The van der Waals surface area contributed by atoms with Crippen LogP contribution < -0.4 is 20.3 Å². The van der Waals surface area contributed by atoms with Crippen molar-refractivity contribution in [3.8, 4) is 5.95 Å². The molecular formula is C29H34O2PSi+. The van der Waals surface area contributed by atoms with Crippen molar-refractivity contribution in [2.75, 3.05) is 0 Å². The summed E-state index contributed by atoms with van der Waals surface area (Å²) in [5.41, 5.74) is 1.14. The fraction of sp³-hybridized carbons (Fsp3) is 0.241. The highest BCUT2D eigenvalue weighted by atomic mass is 31.2. The molecule has 4 heteroatoms. The van der Waals surface area contributed by atoms with Crippen LogP contribution in [0.3, 0.4) is 0 Å². The third kappa shape index (κ3) is 4.71. The normalized spacial score (nSPS) is 12.5. The maximum atomic E-state index is 6.68. The average molecular weight is 474 g/mol. The molecule has 0 aliphatic rings. The van der Waals surface area contributed by atoms with E-state index in [-0.39, 0.29) is 5.04 Å². The summed E-state index contributed by atoms with van der Waals surface area (Å²) in [7, 11) is -4.04. The Morgan fingerprint density at radius 3 is 1.52 bits per heavy atom. The van der Waals surface area contributed by atoms with Gasteiger partial charge in [-0.3, -0.25) is 0 Å². The Labute approximate surface area is 200 Å². The van der Waals surface area contributed by atoms with E-state index in [1.54, 1.807) is 6.26 Å². The van der Waals surface area contributed by atoms with Crippen molar-refractivity contribution < 1.29 is 8.84 Å². The van der Waals surface area contributed by atoms with Gasteiger partial charge in [0.1, 0.15) is 29.3 Å². The minimum atomic E-state index is -2.04. The summed E-state index contributed by atoms with van der Waals surface area (Å²) >= 11 is 0. The van der Waals surface area contributed by atoms with Crippen LogP contribution in [0.4, 0.5) is 0 Å². The Morgan fingerprint density at radius 1 is 0.697 bits per heavy atom. The highest BCUT2D eigenvalue weighted by Gasteiger charge is 2.47. The maximum Gasteiger partial charge on any atom is 0.277 e. The van der Waals surface area contributed by atoms with Crippen LogP contribution in [0.15, 0.2) is 108 Å². The number of hydrogen-bond donors (Lipinski definition) is 0. The van der Waals surface area contributed by atoms with Gasteiger partial charge in [0.15, 0.2) is 0 Å². The van der Waals surface area contributed by atoms with Crippen LogP contribution in [0.1, 0.15) is 26.3 Å². The Morgan fingerprint density at radius 2 is 1.12 bits per heavy atom. The van der Waals surface area contributed by atoms with Gasteiger partial charge in [-0.1, -0.05) is 75.4 Å². The molecule has 1 aromatic heterocycles. The molecule has 0 N–H and O–H groups in total. The molecular weight excluding hydrogens is 439 g/mol. The Hall–Kier alpha value is -2.61. The van der Waals surface area contributed by atoms with Gasteiger partial charge in [-0.15, -0.1) is 0 Å². The second-order valence-corrected chi connectivity index (χ2v) is 18.3. The largest absolute Gasteiger partial charge is 0.518 e. The van der Waals surface area contributed by atoms with Gasteiger partial charge in [0.05, 0.1) is 11.8 Å². The van der Waals surface area contributed by atoms with E-state index >= 15 is 0 Å². The summed E-state index contributed by atoms with van der Waals surface area (Å²) in [5, 5.41) is 4.19. The summed E-state index contributed by atoms with van der Waals surface area (Å²) in [4.78, 5) is 0. The number of benzene rings is 3. The molecule has 0 fully saturated rings. The SMILES string of the molecule is CC(C)(C)[Si](C)(C)Oc1occc1C[P+](c1ccccc1)(c1ccccc1)c1ccccc1. The van der Waals surface area contributed by atoms with Crippen LogP contribution in [0.25, 0.3) is 0 Å². The molecule has 170 valence electrons. The smallest absolute Gasteiger partial charge is 0.277 e. The van der Waals surface area contributed by atoms with Gasteiger partial charge in [0, 0.05) is 0 Å². The Kier molecular flexibility index (Phi) is 6.65. The van der Waals surface area contributed by atoms with Crippen LogP contribution in [-0.4, -0.2) is 8.32 Å². The third-order valence-electron chi connectivity index (χ3n) is 6.86. The van der Waals surface area contributed by atoms with E-state index in [0.717, 1.165) is 11.7 Å². The second kappa shape index (κ2) is 9.33. The highest BCUT2D eigenvalue weighted by molar-refractivity contribution is 7.95. The molecule has 4 aromatic rings. The van der Waals surface area contributed by atoms with Crippen molar-refractivity contribution in [1.29, 1.82) is 0 Å². The van der Waals surface area contributed by atoms with Gasteiger partial charge in [0.25, 0.3) is 14.3 Å². The fourth-order valence-corrected chi connectivity index (χ4v) is 9.12. The van der Waals surface area contributed by atoms with Gasteiger partial charge in [-0.05, 0) is 60.6 Å². The van der Waals surface area contributed by atoms with E-state index in [9.17, 15) is 0 Å². The van der Waals surface area contributed by atoms with E-state index in [1.807, 2.05) is 0 Å². The van der Waals surface area contributed by atoms with E-state index in [1.165, 1.54) is 15.9 Å². The van der Waals surface area contributed by atoms with Crippen LogP contribution in [0.5, 0.6) is 5.95 Å². The monoisotopic (exact) mass is 473 g/mol. The van der Waals surface area contributed by atoms with E-state index in [0.29, 0.717) is 5.95 Å². The van der Waals surface area contributed by atoms with Crippen LogP contribution in [0.2, 0.25) is 18.1 Å². The molecule has 0 aliphatic heterocycles. The minimum absolute atomic E-state index is 0.0988. The lowest BCUT2D eigenvalue weighted by atomic mass is 10.2. The van der Waals surface area contributed by atoms with E-state index in [2.05, 4.69) is 131 Å². The zero-order valence-corrected chi connectivity index (χ0v) is 22.2. The summed E-state index contributed by atoms with van der Waals surface area (Å²) < 4.78 is 12.7. The Bertz CT molecular complexity index is 1070. The standard InChI is InChI=1S/C29H34O2PSi/c1-29(2,3)33(4,5)31-28-24(21-22-30-28)23-32(25-15-9-6-10-16-25,26-17-11-7-12-18-26)27-19-13-8-14-20-27/h6-22H,23H2,1-5H3/q+1. The zero-order valence-electron chi connectivity index (χ0n) is 20.3. The average Bonchev–Trinajstić information content (AvgIpc) is 3.24. The van der Waals surface area contributed by atoms with E-state index < -0.39 is 15.6 Å². The lowest BCUT2D eigenvalue weighted by Crippen LogP contribution is -2.44. The number of hydrogen-bond acceptors (Lipinski definition) is 2. The molecule has 0 aliphatic carbocycles. The highest BCUT2D eigenvalue weighted by Crippen LogP contribution is 2.59. The van der Waals surface area contributed by atoms with Crippen LogP contribution in [-0.2, 0) is 6.16 Å². The summed E-state index contributed by atoms with van der Waals surface area (Å²) in [5.74, 6) is 0.689. The number of furan rings is 1. The van der Waals surface area contributed by atoms with Crippen molar-refractivity contribution in [2.24, 2.45) is 0 Å². The zero-order chi connectivity index (χ0) is 23.5. The lowest BCUT2D eigenvalue weighted by Gasteiger charge is -2.35. The minimum Gasteiger partial charge on any atom is -0.518 e. The third-order valence-corrected chi connectivity index (χ3v) is 15.5. The second-order valence-electron chi connectivity index (χ2n) is 10.1. The molecule has 0 amide bonds. The first-order valence-electron chi connectivity index (χ1n) is 11.5. The van der Waals surface area contributed by atoms with Gasteiger partial charge in [0.2, 0.25) is 0 Å². The van der Waals surface area contributed by atoms with Gasteiger partial charge in [-0.25, -0.2) is 0 Å². The topological polar surface area (TPSA) is 22.4 Å². The molecule has 0 saturated carbocycles. The maximum absolute atomic E-state index is 6.68. The van der Waals surface area contributed by atoms with Crippen LogP contribution >= 0.6 is 7.26 Å². The molecule has 0 atom stereocenters. The Balaban J connectivity index is 1.89. The molecule has 0 radical (unpaired) electrons. The van der Waals surface area contributed by atoms with Crippen molar-refractivity contribution in [3.05, 3.63) is 109 Å². The van der Waals surface area contributed by atoms with Crippen molar-refractivity contribution in [3.63, 3.8) is 0 Å². The first-order valence-corrected chi connectivity index (χ1v) is 16.4. The van der Waals surface area contributed by atoms with Crippen molar-refractivity contribution >= 4 is 31.5 Å². The first-order chi connectivity index (χ1) is 15.7. The van der Waals surface area contributed by atoms with Crippen molar-refractivity contribution in [1.82, 2.24) is 0 Å². The predicted molar refractivity (Wildman–Crippen MR) is 145 cm³/mol. The fourth-order valence-electron chi connectivity index (χ4n) is 3.94. The molecule has 1 heterocycles. The van der Waals surface area contributed by atoms with Crippen molar-refractivity contribution in [2.45, 2.75) is 45.1 Å². The quantitative estimate of drug-likeness (QED) is 0.210. The first kappa shape index (κ1) is 23.5. The van der Waals surface area contributed by atoms with Gasteiger partial charge in [-0.2, -0.15) is 0 Å². The van der Waals surface area contributed by atoms with E-state index in [4.69, 9.17) is 8.84 Å². The van der Waals surface area contributed by atoms with Crippen LogP contribution in [0, 0.1) is 0 Å². The summed E-state index contributed by atoms with van der Waals surface area (Å²) in [6.07, 6.45) is 2.64. The summed E-state index contributed by atoms with van der Waals surface area (Å²) in [6, 6.07) is 35.0. The molecule has 33 heavy (non-hydrogen) atoms. The molecule has 3 aromatic carbocycles. The van der Waals surface area contributed by atoms with Gasteiger partial charge < -0.3 is 8.84 Å².